The van der Waals surface area contributed by atoms with Gasteiger partial charge in [0, 0.05) is 5.69 Å². The van der Waals surface area contributed by atoms with Crippen LogP contribution < -0.4 is 11.5 Å². The molecule has 0 aliphatic heterocycles. The molecule has 1 atom stereocenters. The van der Waals surface area contributed by atoms with Crippen LogP contribution >= 0.6 is 0 Å². The molecule has 5 nitrogen and oxygen atoms in total. The second-order valence-electron chi connectivity index (χ2n) is 2.89. The van der Waals surface area contributed by atoms with Gasteiger partial charge in [0.05, 0.1) is 0 Å². The van der Waals surface area contributed by atoms with Gasteiger partial charge in [-0.1, -0.05) is 12.1 Å². The summed E-state index contributed by atoms with van der Waals surface area (Å²) in [5.74, 6) is -0.989. The maximum atomic E-state index is 10.4. The highest BCUT2D eigenvalue weighted by Gasteiger charge is 2.11. The average Bonchev–Trinajstić information content (AvgIpc) is 2.08. The highest BCUT2D eigenvalue weighted by atomic mass is 16.4. The van der Waals surface area contributed by atoms with E-state index in [-0.39, 0.29) is 5.48 Å². The first-order valence-electron chi connectivity index (χ1n) is 3.92. The summed E-state index contributed by atoms with van der Waals surface area (Å²) in [5, 5.41) is 8.55. The fourth-order valence-electron chi connectivity index (χ4n) is 0.995. The van der Waals surface area contributed by atoms with Crippen LogP contribution in [0.5, 0.6) is 0 Å². The van der Waals surface area contributed by atoms with Gasteiger partial charge in [-0.3, -0.25) is 4.79 Å². The number of benzene rings is 1. The molecule has 1 aromatic carbocycles. The summed E-state index contributed by atoms with van der Waals surface area (Å²) in [4.78, 5) is 10.4. The van der Waals surface area contributed by atoms with Crippen LogP contribution in [0, 0.1) is 0 Å². The van der Waals surface area contributed by atoms with Gasteiger partial charge in [0.15, 0.2) is 0 Å². The standard InChI is InChI=1S/C9H12N2O2.H2O/c10-7-3-1-6(2-4-7)5-8(11)9(12)13;/h1-4,8H,5,10-11H2,(H,12,13);1H2. The Morgan fingerprint density at radius 1 is 1.36 bits per heavy atom. The minimum Gasteiger partial charge on any atom is -0.480 e. The topological polar surface area (TPSA) is 121 Å². The first-order valence-corrected chi connectivity index (χ1v) is 3.92. The molecule has 0 aliphatic carbocycles. The Bertz CT molecular complexity index is 297. The van der Waals surface area contributed by atoms with E-state index in [9.17, 15) is 4.79 Å². The predicted molar refractivity (Wildman–Crippen MR) is 53.8 cm³/mol. The number of nitrogen functional groups attached to an aromatic ring is 1. The maximum Gasteiger partial charge on any atom is 0.320 e. The van der Waals surface area contributed by atoms with Gasteiger partial charge in [0.2, 0.25) is 0 Å². The summed E-state index contributed by atoms with van der Waals surface area (Å²) < 4.78 is 0. The molecule has 1 unspecified atom stereocenters. The summed E-state index contributed by atoms with van der Waals surface area (Å²) >= 11 is 0. The Hall–Kier alpha value is -1.59. The summed E-state index contributed by atoms with van der Waals surface area (Å²) in [6.07, 6.45) is 0.329. The van der Waals surface area contributed by atoms with E-state index in [2.05, 4.69) is 0 Å². The van der Waals surface area contributed by atoms with Gasteiger partial charge in [-0.05, 0) is 24.1 Å². The molecule has 5 heteroatoms. The Morgan fingerprint density at radius 2 is 1.86 bits per heavy atom. The van der Waals surface area contributed by atoms with E-state index < -0.39 is 12.0 Å². The lowest BCUT2D eigenvalue weighted by molar-refractivity contribution is -0.138. The monoisotopic (exact) mass is 198 g/mol. The second kappa shape index (κ2) is 5.21. The highest BCUT2D eigenvalue weighted by molar-refractivity contribution is 5.73. The van der Waals surface area contributed by atoms with Crippen molar-refractivity contribution >= 4 is 11.7 Å². The first kappa shape index (κ1) is 12.4. The number of nitrogens with two attached hydrogens (primary N) is 2. The van der Waals surface area contributed by atoms with Crippen molar-refractivity contribution in [1.29, 1.82) is 0 Å². The number of rotatable bonds is 3. The molecule has 0 saturated carbocycles. The SMILES string of the molecule is Nc1ccc(CC(N)C(=O)O)cc1.O. The van der Waals surface area contributed by atoms with E-state index in [1.807, 2.05) is 0 Å². The zero-order chi connectivity index (χ0) is 9.84. The van der Waals surface area contributed by atoms with Crippen molar-refractivity contribution in [2.45, 2.75) is 12.5 Å². The van der Waals surface area contributed by atoms with Crippen molar-refractivity contribution < 1.29 is 15.4 Å². The molecule has 0 aliphatic rings. The Labute approximate surface area is 81.6 Å². The van der Waals surface area contributed by atoms with Gasteiger partial charge in [-0.2, -0.15) is 0 Å². The third kappa shape index (κ3) is 3.42. The van der Waals surface area contributed by atoms with E-state index in [1.165, 1.54) is 0 Å². The van der Waals surface area contributed by atoms with Gasteiger partial charge in [0.1, 0.15) is 6.04 Å². The zero-order valence-corrected chi connectivity index (χ0v) is 7.60. The molecule has 0 aromatic heterocycles. The van der Waals surface area contributed by atoms with Crippen molar-refractivity contribution in [2.75, 3.05) is 5.73 Å². The van der Waals surface area contributed by atoms with E-state index >= 15 is 0 Å². The van der Waals surface area contributed by atoms with Crippen LogP contribution in [-0.4, -0.2) is 22.6 Å². The van der Waals surface area contributed by atoms with E-state index in [0.29, 0.717) is 12.1 Å². The number of carboxylic acid groups (broad SMARTS) is 1. The Kier molecular flexibility index (Phi) is 4.62. The van der Waals surface area contributed by atoms with Crippen molar-refractivity contribution in [2.24, 2.45) is 5.73 Å². The molecule has 0 saturated heterocycles. The third-order valence-electron chi connectivity index (χ3n) is 1.75. The van der Waals surface area contributed by atoms with Crippen LogP contribution in [0.15, 0.2) is 24.3 Å². The summed E-state index contributed by atoms with van der Waals surface area (Å²) in [7, 11) is 0. The molecule has 0 radical (unpaired) electrons. The van der Waals surface area contributed by atoms with E-state index in [0.717, 1.165) is 5.56 Å². The van der Waals surface area contributed by atoms with Gasteiger partial charge >= 0.3 is 5.97 Å². The number of hydrogen-bond donors (Lipinski definition) is 3. The molecule has 14 heavy (non-hydrogen) atoms. The molecule has 1 aromatic rings. The van der Waals surface area contributed by atoms with Crippen LogP contribution in [0.4, 0.5) is 5.69 Å². The molecular formula is C9H14N2O3. The Balaban J connectivity index is 0.00000169. The largest absolute Gasteiger partial charge is 0.480 e. The lowest BCUT2D eigenvalue weighted by atomic mass is 10.1. The van der Waals surface area contributed by atoms with E-state index in [4.69, 9.17) is 16.6 Å². The molecule has 0 heterocycles. The Morgan fingerprint density at radius 3 is 2.29 bits per heavy atom. The lowest BCUT2D eigenvalue weighted by Gasteiger charge is -2.05. The zero-order valence-electron chi connectivity index (χ0n) is 7.60. The third-order valence-corrected chi connectivity index (χ3v) is 1.75. The number of carbonyl (C=O) groups is 1. The van der Waals surface area contributed by atoms with Crippen molar-refractivity contribution in [3.8, 4) is 0 Å². The van der Waals surface area contributed by atoms with Gasteiger partial charge < -0.3 is 22.1 Å². The number of carboxylic acids is 1. The number of anilines is 1. The van der Waals surface area contributed by atoms with Gasteiger partial charge in [-0.25, -0.2) is 0 Å². The normalized spacial score (nSPS) is 11.5. The summed E-state index contributed by atoms with van der Waals surface area (Å²) in [6, 6.07) is 6.16. The first-order chi connectivity index (χ1) is 6.09. The number of aliphatic carboxylic acids is 1. The molecule has 78 valence electrons. The van der Waals surface area contributed by atoms with Crippen molar-refractivity contribution in [3.63, 3.8) is 0 Å². The summed E-state index contributed by atoms with van der Waals surface area (Å²) in [5.41, 5.74) is 12.4. The molecule has 0 fully saturated rings. The second-order valence-corrected chi connectivity index (χ2v) is 2.89. The van der Waals surface area contributed by atoms with Gasteiger partial charge in [-0.15, -0.1) is 0 Å². The van der Waals surface area contributed by atoms with Crippen LogP contribution in [0.3, 0.4) is 0 Å². The van der Waals surface area contributed by atoms with Crippen LogP contribution in [0.25, 0.3) is 0 Å². The molecular weight excluding hydrogens is 184 g/mol. The maximum absolute atomic E-state index is 10.4. The predicted octanol–water partition coefficient (Wildman–Crippen LogP) is -0.602. The van der Waals surface area contributed by atoms with Crippen LogP contribution in [0.2, 0.25) is 0 Å². The van der Waals surface area contributed by atoms with Crippen LogP contribution in [0.1, 0.15) is 5.56 Å². The fraction of sp³-hybridized carbons (Fsp3) is 0.222. The average molecular weight is 198 g/mol. The van der Waals surface area contributed by atoms with Crippen molar-refractivity contribution in [1.82, 2.24) is 0 Å². The minimum atomic E-state index is -0.989. The molecule has 0 bridgehead atoms. The van der Waals surface area contributed by atoms with Crippen LogP contribution in [-0.2, 0) is 11.2 Å². The van der Waals surface area contributed by atoms with Crippen molar-refractivity contribution in [3.05, 3.63) is 29.8 Å². The minimum absolute atomic E-state index is 0. The fourth-order valence-corrected chi connectivity index (χ4v) is 0.995. The highest BCUT2D eigenvalue weighted by Crippen LogP contribution is 2.07. The smallest absolute Gasteiger partial charge is 0.320 e. The molecule has 7 N–H and O–H groups in total. The molecule has 0 spiro atoms. The quantitative estimate of drug-likeness (QED) is 0.561. The van der Waals surface area contributed by atoms with Gasteiger partial charge in [0.25, 0.3) is 0 Å². The molecule has 1 rings (SSSR count). The van der Waals surface area contributed by atoms with E-state index in [1.54, 1.807) is 24.3 Å². The summed E-state index contributed by atoms with van der Waals surface area (Å²) in [6.45, 7) is 0. The number of hydrogen-bond acceptors (Lipinski definition) is 3. The molecule has 0 amide bonds. The lowest BCUT2D eigenvalue weighted by Crippen LogP contribution is -2.32.